The largest absolute Gasteiger partial charge is 0.481 e. The van der Waals surface area contributed by atoms with Crippen molar-refractivity contribution in [2.75, 3.05) is 32.1 Å². The quantitative estimate of drug-likeness (QED) is 0.296. The average Bonchev–Trinajstić information content (AvgIpc) is 3.00. The van der Waals surface area contributed by atoms with Crippen LogP contribution in [0.2, 0.25) is 10.0 Å². The van der Waals surface area contributed by atoms with Crippen molar-refractivity contribution in [2.45, 2.75) is 19.6 Å². The third-order valence-corrected chi connectivity index (χ3v) is 8.01. The lowest BCUT2D eigenvalue weighted by molar-refractivity contribution is -0.134. The number of hydrogen-bond acceptors (Lipinski definition) is 8. The third kappa shape index (κ3) is 6.47. The molecule has 0 spiro atoms. The van der Waals surface area contributed by atoms with Crippen LogP contribution in [-0.2, 0) is 23.1 Å². The summed E-state index contributed by atoms with van der Waals surface area (Å²) in [5.41, 5.74) is 3.10. The van der Waals surface area contributed by atoms with Crippen LogP contribution in [0.15, 0.2) is 65.6 Å². The Balaban J connectivity index is 1.42. The second-order valence-corrected chi connectivity index (χ2v) is 10.8. The molecule has 1 amide bonds. The molecule has 4 aromatic rings. The lowest BCUT2D eigenvalue weighted by Gasteiger charge is -2.31. The Kier molecular flexibility index (Phi) is 9.22. The first-order valence-electron chi connectivity index (χ1n) is 13.5. The van der Waals surface area contributed by atoms with Crippen molar-refractivity contribution in [3.63, 3.8) is 0 Å². The van der Waals surface area contributed by atoms with Crippen molar-refractivity contribution in [3.8, 4) is 28.3 Å². The van der Waals surface area contributed by atoms with E-state index in [4.69, 9.17) is 37.7 Å². The maximum Gasteiger partial charge on any atom is 0.279 e. The molecule has 0 aliphatic carbocycles. The number of ketones is 1. The average molecular weight is 623 g/mol. The van der Waals surface area contributed by atoms with E-state index in [1.807, 2.05) is 30.3 Å². The smallest absolute Gasteiger partial charge is 0.279 e. The van der Waals surface area contributed by atoms with E-state index in [-0.39, 0.29) is 16.4 Å². The molecule has 0 unspecified atom stereocenters. The van der Waals surface area contributed by atoms with Crippen molar-refractivity contribution in [2.24, 2.45) is 7.05 Å². The first-order chi connectivity index (χ1) is 20.7. The number of nitrogens with zero attached hydrogens (tertiary/aromatic N) is 4. The lowest BCUT2D eigenvalue weighted by Crippen LogP contribution is -2.44. The lowest BCUT2D eigenvalue weighted by atomic mass is 10.00. The molecule has 0 radical (unpaired) electrons. The molecule has 0 saturated carbocycles. The first kappa shape index (κ1) is 30.4. The molecule has 1 saturated heterocycles. The summed E-state index contributed by atoms with van der Waals surface area (Å²) < 4.78 is 12.3. The zero-order chi connectivity index (χ0) is 30.7. The van der Waals surface area contributed by atoms with Gasteiger partial charge in [0.05, 0.1) is 35.1 Å². The minimum absolute atomic E-state index is 0.00667. The summed E-state index contributed by atoms with van der Waals surface area (Å²) in [5.74, 6) is -0.144. The van der Waals surface area contributed by atoms with E-state index in [0.29, 0.717) is 65.2 Å². The molecule has 1 aliphatic heterocycles. The van der Waals surface area contributed by atoms with Crippen LogP contribution in [0.3, 0.4) is 0 Å². The number of benzene rings is 2. The van der Waals surface area contributed by atoms with Crippen LogP contribution in [0.25, 0.3) is 22.4 Å². The van der Waals surface area contributed by atoms with Gasteiger partial charge < -0.3 is 14.8 Å². The number of hydrogen-bond donors (Lipinski definition) is 1. The number of amides is 1. The van der Waals surface area contributed by atoms with Crippen LogP contribution in [0.4, 0.5) is 5.69 Å². The number of aromatic nitrogens is 3. The first-order valence-corrected chi connectivity index (χ1v) is 14.2. The zero-order valence-corrected chi connectivity index (χ0v) is 25.3. The fourth-order valence-electron chi connectivity index (χ4n) is 4.89. The normalized spacial score (nSPS) is 15.2. The predicted molar refractivity (Wildman–Crippen MR) is 165 cm³/mol. The van der Waals surface area contributed by atoms with E-state index >= 15 is 0 Å². The van der Waals surface area contributed by atoms with Gasteiger partial charge in [0.2, 0.25) is 5.88 Å². The number of ether oxygens (including phenoxy) is 2. The Hall–Kier alpha value is -4.09. The number of carbonyl (C=O) groups excluding carboxylic acids is 2. The van der Waals surface area contributed by atoms with Crippen molar-refractivity contribution < 1.29 is 19.1 Å². The molecule has 222 valence electrons. The standard InChI is InChI=1S/C31H29Cl2N5O5/c1-18(39)26-17-38(14-15-43-26)16-19-10-11-24(36-30(19)42-3)22-8-4-6-20(27(22)32)21-7-5-9-25(28(21)33)35-29(40)23-12-13-34-37(2)31(23)41/h4-13,26H,14-17H2,1-3H3,(H,35,40)/t26-/m0/s1. The van der Waals surface area contributed by atoms with Gasteiger partial charge in [-0.15, -0.1) is 0 Å². The van der Waals surface area contributed by atoms with Gasteiger partial charge >= 0.3 is 0 Å². The maximum absolute atomic E-state index is 12.9. The van der Waals surface area contributed by atoms with Gasteiger partial charge in [-0.3, -0.25) is 19.3 Å². The molecular weight excluding hydrogens is 593 g/mol. The highest BCUT2D eigenvalue weighted by molar-refractivity contribution is 6.39. The van der Waals surface area contributed by atoms with Gasteiger partial charge in [0.25, 0.3) is 11.5 Å². The number of aryl methyl sites for hydroxylation is 1. The number of halogens is 2. The number of morpholine rings is 1. The summed E-state index contributed by atoms with van der Waals surface area (Å²) in [6, 6.07) is 15.9. The molecular formula is C31H29Cl2N5O5. The molecule has 1 atom stereocenters. The fraction of sp³-hybridized carbons (Fsp3) is 0.258. The van der Waals surface area contributed by atoms with Gasteiger partial charge in [-0.2, -0.15) is 5.10 Å². The highest BCUT2D eigenvalue weighted by Gasteiger charge is 2.25. The number of carbonyl (C=O) groups is 2. The minimum atomic E-state index is -0.604. The van der Waals surface area contributed by atoms with Crippen LogP contribution in [0, 0.1) is 0 Å². The summed E-state index contributed by atoms with van der Waals surface area (Å²) in [6.45, 7) is 3.78. The van der Waals surface area contributed by atoms with E-state index in [2.05, 4.69) is 15.3 Å². The fourth-order valence-corrected chi connectivity index (χ4v) is 5.49. The molecule has 2 aromatic heterocycles. The Morgan fingerprint density at radius 1 is 1.05 bits per heavy atom. The maximum atomic E-state index is 12.9. The Bertz CT molecular complexity index is 1760. The van der Waals surface area contributed by atoms with E-state index in [0.717, 1.165) is 10.2 Å². The number of nitrogens with one attached hydrogen (secondary N) is 1. The van der Waals surface area contributed by atoms with E-state index in [9.17, 15) is 14.4 Å². The Morgan fingerprint density at radius 3 is 2.51 bits per heavy atom. The highest BCUT2D eigenvalue weighted by Crippen LogP contribution is 2.41. The predicted octanol–water partition coefficient (Wildman–Crippen LogP) is 4.87. The topological polar surface area (TPSA) is 116 Å². The molecule has 3 heterocycles. The zero-order valence-electron chi connectivity index (χ0n) is 23.8. The van der Waals surface area contributed by atoms with Gasteiger partial charge in [0, 0.05) is 55.1 Å². The monoisotopic (exact) mass is 621 g/mol. The number of methoxy groups -OCH3 is 1. The van der Waals surface area contributed by atoms with Crippen LogP contribution in [0.5, 0.6) is 5.88 Å². The SMILES string of the molecule is COc1nc(-c2cccc(-c3cccc(NC(=O)c4ccnn(C)c4=O)c3Cl)c2Cl)ccc1CN1CCO[C@H](C(C)=O)C1. The molecule has 1 fully saturated rings. The number of anilines is 1. The van der Waals surface area contributed by atoms with E-state index < -0.39 is 17.6 Å². The number of rotatable bonds is 8. The summed E-state index contributed by atoms with van der Waals surface area (Å²) >= 11 is 13.7. The molecule has 43 heavy (non-hydrogen) atoms. The molecule has 0 bridgehead atoms. The van der Waals surface area contributed by atoms with Crippen LogP contribution < -0.4 is 15.6 Å². The molecule has 10 nitrogen and oxygen atoms in total. The summed E-state index contributed by atoms with van der Waals surface area (Å²) in [4.78, 5) is 43.9. The van der Waals surface area contributed by atoms with Gasteiger partial charge in [-0.05, 0) is 25.1 Å². The van der Waals surface area contributed by atoms with E-state index in [1.165, 1.54) is 26.2 Å². The van der Waals surface area contributed by atoms with Crippen molar-refractivity contribution in [1.82, 2.24) is 19.7 Å². The summed E-state index contributed by atoms with van der Waals surface area (Å²) in [7, 11) is 3.03. The third-order valence-electron chi connectivity index (χ3n) is 7.19. The molecule has 12 heteroatoms. The van der Waals surface area contributed by atoms with Crippen molar-refractivity contribution in [3.05, 3.63) is 92.3 Å². The second-order valence-electron chi connectivity index (χ2n) is 10.0. The van der Waals surface area contributed by atoms with Crippen LogP contribution in [0.1, 0.15) is 22.8 Å². The molecule has 2 aromatic carbocycles. The van der Waals surface area contributed by atoms with Crippen molar-refractivity contribution in [1.29, 1.82) is 0 Å². The van der Waals surface area contributed by atoms with Gasteiger partial charge in [0.15, 0.2) is 5.78 Å². The summed E-state index contributed by atoms with van der Waals surface area (Å²) in [6.07, 6.45) is 0.942. The second kappa shape index (κ2) is 13.0. The molecule has 1 aliphatic rings. The summed E-state index contributed by atoms with van der Waals surface area (Å²) in [5, 5.41) is 7.24. The Labute approximate surface area is 258 Å². The van der Waals surface area contributed by atoms with Crippen LogP contribution >= 0.6 is 23.2 Å². The number of pyridine rings is 1. The van der Waals surface area contributed by atoms with Gasteiger partial charge in [0.1, 0.15) is 11.7 Å². The molecule has 5 rings (SSSR count). The highest BCUT2D eigenvalue weighted by atomic mass is 35.5. The van der Waals surface area contributed by atoms with Crippen LogP contribution in [-0.4, -0.2) is 64.3 Å². The van der Waals surface area contributed by atoms with Crippen molar-refractivity contribution >= 4 is 40.6 Å². The Morgan fingerprint density at radius 2 is 1.77 bits per heavy atom. The minimum Gasteiger partial charge on any atom is -0.481 e. The van der Waals surface area contributed by atoms with Gasteiger partial charge in [-0.25, -0.2) is 9.67 Å². The number of Topliss-reactive ketones (excluding diaryl/α,β-unsaturated/α-hetero) is 1. The van der Waals surface area contributed by atoms with Gasteiger partial charge in [-0.1, -0.05) is 59.6 Å². The molecule has 1 N–H and O–H groups in total. The van der Waals surface area contributed by atoms with E-state index in [1.54, 1.807) is 25.3 Å².